The van der Waals surface area contributed by atoms with E-state index in [0.29, 0.717) is 31.7 Å². The Hall–Kier alpha value is -4.05. The Bertz CT molecular complexity index is 1420. The third-order valence-corrected chi connectivity index (χ3v) is 6.49. The van der Waals surface area contributed by atoms with Crippen molar-refractivity contribution in [2.75, 3.05) is 38.5 Å². The van der Waals surface area contributed by atoms with E-state index < -0.39 is 22.8 Å². The first kappa shape index (κ1) is 25.1. The Morgan fingerprint density at radius 2 is 1.67 bits per heavy atom. The van der Waals surface area contributed by atoms with E-state index >= 15 is 0 Å². The number of nitrogens with two attached hydrogens (primary N) is 1. The molecule has 10 heteroatoms. The summed E-state index contributed by atoms with van der Waals surface area (Å²) in [5, 5.41) is 0. The topological polar surface area (TPSA) is 111 Å². The number of halogens is 1. The van der Waals surface area contributed by atoms with Crippen LogP contribution in [0.3, 0.4) is 0 Å². The monoisotopic (exact) mass is 493 g/mol. The predicted molar refractivity (Wildman–Crippen MR) is 134 cm³/mol. The number of Topliss-reactive ketones (excluding diaryl/α,β-unsaturated/α-hetero) is 1. The second kappa shape index (κ2) is 10.3. The van der Waals surface area contributed by atoms with E-state index in [4.69, 9.17) is 5.73 Å². The van der Waals surface area contributed by atoms with Crippen LogP contribution < -0.4 is 17.0 Å². The van der Waals surface area contributed by atoms with Gasteiger partial charge in [0, 0.05) is 38.8 Å². The van der Waals surface area contributed by atoms with Crippen LogP contribution >= 0.6 is 0 Å². The van der Waals surface area contributed by atoms with Crippen molar-refractivity contribution in [3.05, 3.63) is 97.4 Å². The summed E-state index contributed by atoms with van der Waals surface area (Å²) in [7, 11) is 1.32. The molecule has 0 atom stereocenters. The summed E-state index contributed by atoms with van der Waals surface area (Å²) in [6.07, 6.45) is 0. The highest BCUT2D eigenvalue weighted by atomic mass is 19.1. The van der Waals surface area contributed by atoms with Crippen molar-refractivity contribution in [2.24, 2.45) is 7.05 Å². The molecule has 2 aromatic carbocycles. The molecule has 1 aromatic heterocycles. The highest BCUT2D eigenvalue weighted by Gasteiger charge is 2.27. The summed E-state index contributed by atoms with van der Waals surface area (Å²) in [5.74, 6) is -1.36. The molecule has 0 spiro atoms. The summed E-state index contributed by atoms with van der Waals surface area (Å²) in [4.78, 5) is 54.8. The number of aromatic nitrogens is 2. The van der Waals surface area contributed by atoms with Crippen molar-refractivity contribution >= 4 is 17.5 Å². The van der Waals surface area contributed by atoms with Crippen LogP contribution in [0.2, 0.25) is 0 Å². The molecule has 0 aliphatic carbocycles. The molecule has 0 radical (unpaired) electrons. The fourth-order valence-electron chi connectivity index (χ4n) is 4.26. The smallest absolute Gasteiger partial charge is 0.332 e. The van der Waals surface area contributed by atoms with Gasteiger partial charge in [0.2, 0.25) is 0 Å². The van der Waals surface area contributed by atoms with Gasteiger partial charge in [-0.3, -0.25) is 28.4 Å². The predicted octanol–water partition coefficient (Wildman–Crippen LogP) is 1.27. The number of hydrogen-bond donors (Lipinski definition) is 1. The van der Waals surface area contributed by atoms with Crippen LogP contribution in [-0.2, 0) is 13.6 Å². The van der Waals surface area contributed by atoms with Gasteiger partial charge in [0.25, 0.3) is 11.5 Å². The summed E-state index contributed by atoms with van der Waals surface area (Å²) in [5.41, 5.74) is 6.18. The zero-order valence-electron chi connectivity index (χ0n) is 20.2. The van der Waals surface area contributed by atoms with Crippen LogP contribution in [0.15, 0.2) is 58.1 Å². The summed E-state index contributed by atoms with van der Waals surface area (Å²) < 4.78 is 16.0. The maximum atomic E-state index is 13.9. The largest absolute Gasteiger partial charge is 0.384 e. The average molecular weight is 494 g/mol. The van der Waals surface area contributed by atoms with Crippen molar-refractivity contribution in [2.45, 2.75) is 13.5 Å². The molecule has 1 aliphatic heterocycles. The lowest BCUT2D eigenvalue weighted by Crippen LogP contribution is -2.50. The maximum absolute atomic E-state index is 13.9. The molecule has 1 aliphatic rings. The minimum absolute atomic E-state index is 0.0792. The van der Waals surface area contributed by atoms with Gasteiger partial charge in [-0.2, -0.15) is 0 Å². The Morgan fingerprint density at radius 3 is 2.31 bits per heavy atom. The number of carbonyl (C=O) groups is 2. The van der Waals surface area contributed by atoms with E-state index in [9.17, 15) is 23.6 Å². The van der Waals surface area contributed by atoms with E-state index in [1.807, 2.05) is 35.2 Å². The Kier molecular flexibility index (Phi) is 7.16. The molecular weight excluding hydrogens is 465 g/mol. The van der Waals surface area contributed by atoms with Crippen LogP contribution in [0.1, 0.15) is 31.8 Å². The van der Waals surface area contributed by atoms with Gasteiger partial charge in [-0.05, 0) is 30.2 Å². The quantitative estimate of drug-likeness (QED) is 0.518. The number of piperazine rings is 1. The van der Waals surface area contributed by atoms with Crippen LogP contribution in [0.25, 0.3) is 0 Å². The van der Waals surface area contributed by atoms with E-state index in [1.54, 1.807) is 24.0 Å². The van der Waals surface area contributed by atoms with Gasteiger partial charge in [0.05, 0.1) is 13.1 Å². The van der Waals surface area contributed by atoms with E-state index in [0.717, 1.165) is 10.1 Å². The highest BCUT2D eigenvalue weighted by Crippen LogP contribution is 2.15. The van der Waals surface area contributed by atoms with Crippen LogP contribution in [0.5, 0.6) is 0 Å². The number of anilines is 1. The lowest BCUT2D eigenvalue weighted by molar-refractivity contribution is 0.0623. The summed E-state index contributed by atoms with van der Waals surface area (Å²) in [6.45, 7) is 3.17. The number of aryl methyl sites for hydroxylation is 1. The van der Waals surface area contributed by atoms with Crippen molar-refractivity contribution in [3.8, 4) is 0 Å². The number of nitrogens with zero attached hydrogens (tertiary/aromatic N) is 4. The number of benzene rings is 2. The van der Waals surface area contributed by atoms with Crippen molar-refractivity contribution in [1.82, 2.24) is 18.9 Å². The van der Waals surface area contributed by atoms with Crippen molar-refractivity contribution < 1.29 is 14.0 Å². The average Bonchev–Trinajstić information content (AvgIpc) is 2.88. The third-order valence-electron chi connectivity index (χ3n) is 6.49. The normalized spacial score (nSPS) is 14.1. The van der Waals surface area contributed by atoms with E-state index in [-0.39, 0.29) is 35.9 Å². The molecule has 2 heterocycles. The molecule has 0 bridgehead atoms. The van der Waals surface area contributed by atoms with Crippen LogP contribution in [-0.4, -0.2) is 63.3 Å². The second-order valence-corrected chi connectivity index (χ2v) is 8.93. The number of amides is 1. The SMILES string of the molecule is Cc1ccc(C(=O)N2CCN(CC(=O)c3c(N)n(Cc4ccccc4)c(=O)n(C)c3=O)CC2)cc1F. The van der Waals surface area contributed by atoms with Gasteiger partial charge in [-0.15, -0.1) is 0 Å². The number of nitrogen functional groups attached to an aromatic ring is 1. The van der Waals surface area contributed by atoms with Crippen LogP contribution in [0.4, 0.5) is 10.2 Å². The number of ketones is 1. The van der Waals surface area contributed by atoms with Gasteiger partial charge in [0.1, 0.15) is 17.2 Å². The Labute approximate surface area is 207 Å². The second-order valence-electron chi connectivity index (χ2n) is 8.93. The molecule has 4 rings (SSSR count). The van der Waals surface area contributed by atoms with Gasteiger partial charge in [-0.1, -0.05) is 36.4 Å². The molecular formula is C26H28FN5O4. The first-order chi connectivity index (χ1) is 17.2. The molecule has 188 valence electrons. The molecule has 2 N–H and O–H groups in total. The molecule has 1 saturated heterocycles. The lowest BCUT2D eigenvalue weighted by atomic mass is 10.1. The minimum Gasteiger partial charge on any atom is -0.384 e. The molecule has 1 fully saturated rings. The maximum Gasteiger partial charge on any atom is 0.332 e. The molecule has 1 amide bonds. The number of carbonyl (C=O) groups excluding carboxylic acids is 2. The molecule has 36 heavy (non-hydrogen) atoms. The third kappa shape index (κ3) is 4.99. The number of hydrogen-bond acceptors (Lipinski definition) is 6. The van der Waals surface area contributed by atoms with Gasteiger partial charge >= 0.3 is 5.69 Å². The van der Waals surface area contributed by atoms with Crippen molar-refractivity contribution in [3.63, 3.8) is 0 Å². The van der Waals surface area contributed by atoms with E-state index in [1.165, 1.54) is 17.7 Å². The minimum atomic E-state index is -0.734. The number of rotatable bonds is 6. The van der Waals surface area contributed by atoms with Crippen LogP contribution in [0, 0.1) is 12.7 Å². The standard InChI is InChI=1S/C26H28FN5O4/c1-17-8-9-19(14-20(17)27)24(34)31-12-10-30(11-13-31)16-21(33)22-23(28)32(26(36)29(2)25(22)35)15-18-6-4-3-5-7-18/h3-9,14H,10-13,15-16,28H2,1-2H3. The summed E-state index contributed by atoms with van der Waals surface area (Å²) >= 11 is 0. The molecule has 9 nitrogen and oxygen atoms in total. The van der Waals surface area contributed by atoms with Gasteiger partial charge < -0.3 is 10.6 Å². The Balaban J connectivity index is 1.47. The zero-order valence-corrected chi connectivity index (χ0v) is 20.2. The van der Waals surface area contributed by atoms with E-state index in [2.05, 4.69) is 0 Å². The first-order valence-electron chi connectivity index (χ1n) is 11.6. The molecule has 3 aromatic rings. The zero-order chi connectivity index (χ0) is 26.0. The first-order valence-corrected chi connectivity index (χ1v) is 11.6. The fourth-order valence-corrected chi connectivity index (χ4v) is 4.26. The highest BCUT2D eigenvalue weighted by molar-refractivity contribution is 6.01. The van der Waals surface area contributed by atoms with Crippen molar-refractivity contribution in [1.29, 1.82) is 0 Å². The molecule has 0 saturated carbocycles. The Morgan fingerprint density at radius 1 is 1.00 bits per heavy atom. The lowest BCUT2D eigenvalue weighted by Gasteiger charge is -2.34. The van der Waals surface area contributed by atoms with Gasteiger partial charge in [-0.25, -0.2) is 9.18 Å². The fraction of sp³-hybridized carbons (Fsp3) is 0.308. The molecule has 0 unspecified atom stereocenters. The summed E-state index contributed by atoms with van der Waals surface area (Å²) in [6, 6.07) is 13.5. The van der Waals surface area contributed by atoms with Gasteiger partial charge in [0.15, 0.2) is 5.78 Å².